The highest BCUT2D eigenvalue weighted by molar-refractivity contribution is 5.83. The van der Waals surface area contributed by atoms with Crippen LogP contribution in [0.5, 0.6) is 0 Å². The van der Waals surface area contributed by atoms with E-state index in [4.69, 9.17) is 4.74 Å². The summed E-state index contributed by atoms with van der Waals surface area (Å²) in [6, 6.07) is -0.545. The second-order valence-corrected chi connectivity index (χ2v) is 4.57. The summed E-state index contributed by atoms with van der Waals surface area (Å²) in [4.78, 5) is 25.7. The molecule has 5 nitrogen and oxygen atoms in total. The van der Waals surface area contributed by atoms with Crippen molar-refractivity contribution in [3.8, 4) is 0 Å². The maximum atomic E-state index is 11.9. The number of nitrogens with one attached hydrogen (secondary N) is 1. The number of hydrogen-bond donors (Lipinski definition) is 1. The summed E-state index contributed by atoms with van der Waals surface area (Å²) in [7, 11) is 0. The molecule has 1 saturated heterocycles. The second-order valence-electron chi connectivity index (χ2n) is 4.57. The fraction of sp³-hybridized carbons (Fsp3) is 0.846. The van der Waals surface area contributed by atoms with Crippen molar-refractivity contribution in [1.82, 2.24) is 10.2 Å². The van der Waals surface area contributed by atoms with Gasteiger partial charge in [0.2, 0.25) is 5.91 Å². The first-order chi connectivity index (χ1) is 8.61. The van der Waals surface area contributed by atoms with Gasteiger partial charge in [0.1, 0.15) is 6.04 Å². The van der Waals surface area contributed by atoms with Crippen LogP contribution >= 0.6 is 0 Å². The number of hydrogen-bond acceptors (Lipinski definition) is 4. The molecule has 18 heavy (non-hydrogen) atoms. The van der Waals surface area contributed by atoms with Crippen molar-refractivity contribution in [3.63, 3.8) is 0 Å². The van der Waals surface area contributed by atoms with E-state index in [0.29, 0.717) is 13.2 Å². The van der Waals surface area contributed by atoms with Gasteiger partial charge in [-0.25, -0.2) is 0 Å². The van der Waals surface area contributed by atoms with Crippen LogP contribution in [0.15, 0.2) is 0 Å². The molecule has 1 heterocycles. The standard InChI is InChI=1S/C13H24N2O3/c1-4-14-12(16)10(3)15-9-7-6-8-11(15)13(17)18-5-2/h10-11H,4-9H2,1-3H3,(H,14,16). The second kappa shape index (κ2) is 7.36. The Morgan fingerprint density at radius 3 is 2.72 bits per heavy atom. The summed E-state index contributed by atoms with van der Waals surface area (Å²) in [6.07, 6.45) is 2.82. The molecular formula is C13H24N2O3. The number of amides is 1. The molecule has 1 N–H and O–H groups in total. The van der Waals surface area contributed by atoms with Crippen molar-refractivity contribution in [2.45, 2.75) is 52.1 Å². The molecular weight excluding hydrogens is 232 g/mol. The Balaban J connectivity index is 2.69. The molecule has 5 heteroatoms. The third-order valence-electron chi connectivity index (χ3n) is 3.33. The van der Waals surface area contributed by atoms with E-state index in [9.17, 15) is 9.59 Å². The molecule has 1 rings (SSSR count). The van der Waals surface area contributed by atoms with Crippen LogP contribution in [0.25, 0.3) is 0 Å². The van der Waals surface area contributed by atoms with Crippen LogP contribution in [-0.4, -0.2) is 48.6 Å². The highest BCUT2D eigenvalue weighted by atomic mass is 16.5. The zero-order valence-electron chi connectivity index (χ0n) is 11.6. The first-order valence-corrected chi connectivity index (χ1v) is 6.81. The van der Waals surface area contributed by atoms with Gasteiger partial charge in [-0.15, -0.1) is 0 Å². The summed E-state index contributed by atoms with van der Waals surface area (Å²) >= 11 is 0. The average Bonchev–Trinajstić information content (AvgIpc) is 2.38. The third-order valence-corrected chi connectivity index (χ3v) is 3.33. The molecule has 0 aromatic rings. The molecule has 0 radical (unpaired) electrons. The molecule has 0 spiro atoms. The number of rotatable bonds is 5. The minimum atomic E-state index is -0.278. The molecule has 0 aromatic heterocycles. The van der Waals surface area contributed by atoms with Gasteiger partial charge in [0.25, 0.3) is 0 Å². The van der Waals surface area contributed by atoms with E-state index in [1.54, 1.807) is 6.92 Å². The fourth-order valence-electron chi connectivity index (χ4n) is 2.38. The molecule has 1 aliphatic heterocycles. The number of ether oxygens (including phenoxy) is 1. The molecule has 1 amide bonds. The van der Waals surface area contributed by atoms with Gasteiger partial charge in [-0.3, -0.25) is 14.5 Å². The quantitative estimate of drug-likeness (QED) is 0.743. The highest BCUT2D eigenvalue weighted by Gasteiger charge is 2.35. The lowest BCUT2D eigenvalue weighted by Crippen LogP contribution is -2.54. The van der Waals surface area contributed by atoms with Crippen LogP contribution in [0.2, 0.25) is 0 Å². The van der Waals surface area contributed by atoms with Crippen molar-refractivity contribution >= 4 is 11.9 Å². The number of carbonyl (C=O) groups is 2. The van der Waals surface area contributed by atoms with E-state index in [-0.39, 0.29) is 24.0 Å². The normalized spacial score (nSPS) is 22.3. The first kappa shape index (κ1) is 15.0. The zero-order chi connectivity index (χ0) is 13.5. The van der Waals surface area contributed by atoms with Gasteiger partial charge in [0, 0.05) is 6.54 Å². The van der Waals surface area contributed by atoms with Crippen LogP contribution in [-0.2, 0) is 14.3 Å². The Morgan fingerprint density at radius 2 is 2.11 bits per heavy atom. The van der Waals surface area contributed by atoms with E-state index in [1.165, 1.54) is 0 Å². The molecule has 0 aliphatic carbocycles. The number of piperidine rings is 1. The third kappa shape index (κ3) is 3.70. The van der Waals surface area contributed by atoms with Gasteiger partial charge in [0.15, 0.2) is 0 Å². The van der Waals surface area contributed by atoms with Crippen LogP contribution in [0.1, 0.15) is 40.0 Å². The maximum Gasteiger partial charge on any atom is 0.323 e. The van der Waals surface area contributed by atoms with Gasteiger partial charge in [-0.2, -0.15) is 0 Å². The molecule has 2 unspecified atom stereocenters. The van der Waals surface area contributed by atoms with Crippen molar-refractivity contribution in [1.29, 1.82) is 0 Å². The van der Waals surface area contributed by atoms with Crippen molar-refractivity contribution in [3.05, 3.63) is 0 Å². The van der Waals surface area contributed by atoms with Gasteiger partial charge >= 0.3 is 5.97 Å². The van der Waals surface area contributed by atoms with Crippen LogP contribution in [0.3, 0.4) is 0 Å². The lowest BCUT2D eigenvalue weighted by Gasteiger charge is -2.37. The molecule has 1 fully saturated rings. The van der Waals surface area contributed by atoms with E-state index >= 15 is 0 Å². The Hall–Kier alpha value is -1.10. The zero-order valence-corrected chi connectivity index (χ0v) is 11.6. The number of esters is 1. The van der Waals surface area contributed by atoms with Gasteiger partial charge in [-0.05, 0) is 40.2 Å². The van der Waals surface area contributed by atoms with Crippen molar-refractivity contribution in [2.75, 3.05) is 19.7 Å². The van der Waals surface area contributed by atoms with E-state index in [1.807, 2.05) is 18.7 Å². The number of likely N-dealkylation sites (tertiary alicyclic amines) is 1. The Labute approximate surface area is 109 Å². The molecule has 0 saturated carbocycles. The maximum absolute atomic E-state index is 11.9. The van der Waals surface area contributed by atoms with Gasteiger partial charge < -0.3 is 10.1 Å². The Bertz CT molecular complexity index is 294. The van der Waals surface area contributed by atoms with E-state index < -0.39 is 0 Å². The lowest BCUT2D eigenvalue weighted by atomic mass is 10.00. The smallest absolute Gasteiger partial charge is 0.323 e. The summed E-state index contributed by atoms with van der Waals surface area (Å²) in [6.45, 7) is 7.33. The van der Waals surface area contributed by atoms with Crippen LogP contribution in [0, 0.1) is 0 Å². The highest BCUT2D eigenvalue weighted by Crippen LogP contribution is 2.20. The fourth-order valence-corrected chi connectivity index (χ4v) is 2.38. The van der Waals surface area contributed by atoms with Crippen LogP contribution < -0.4 is 5.32 Å². The van der Waals surface area contributed by atoms with Crippen molar-refractivity contribution < 1.29 is 14.3 Å². The molecule has 0 bridgehead atoms. The minimum absolute atomic E-state index is 0.0197. The number of likely N-dealkylation sites (N-methyl/N-ethyl adjacent to an activating group) is 1. The monoisotopic (exact) mass is 256 g/mol. The summed E-state index contributed by atoms with van der Waals surface area (Å²) in [5, 5.41) is 2.80. The SMILES string of the molecule is CCNC(=O)C(C)N1CCCCC1C(=O)OCC. The number of nitrogens with zero attached hydrogens (tertiary/aromatic N) is 1. The minimum Gasteiger partial charge on any atom is -0.465 e. The van der Waals surface area contributed by atoms with Gasteiger partial charge in [-0.1, -0.05) is 6.42 Å². The number of carbonyl (C=O) groups excluding carboxylic acids is 2. The largest absolute Gasteiger partial charge is 0.465 e. The summed E-state index contributed by atoms with van der Waals surface area (Å²) in [5.74, 6) is -0.220. The van der Waals surface area contributed by atoms with E-state index in [2.05, 4.69) is 5.32 Å². The Morgan fingerprint density at radius 1 is 1.39 bits per heavy atom. The Kier molecular flexibility index (Phi) is 6.12. The lowest BCUT2D eigenvalue weighted by molar-refractivity contribution is -0.153. The van der Waals surface area contributed by atoms with E-state index in [0.717, 1.165) is 25.8 Å². The topological polar surface area (TPSA) is 58.6 Å². The van der Waals surface area contributed by atoms with Gasteiger partial charge in [0.05, 0.1) is 12.6 Å². The predicted octanol–water partition coefficient (Wildman–Crippen LogP) is 0.929. The average molecular weight is 256 g/mol. The predicted molar refractivity (Wildman–Crippen MR) is 69.1 cm³/mol. The van der Waals surface area contributed by atoms with Crippen molar-refractivity contribution in [2.24, 2.45) is 0 Å². The molecule has 1 aliphatic rings. The summed E-state index contributed by atoms with van der Waals surface area (Å²) in [5.41, 5.74) is 0. The summed E-state index contributed by atoms with van der Waals surface area (Å²) < 4.78 is 5.09. The first-order valence-electron chi connectivity index (χ1n) is 6.81. The molecule has 2 atom stereocenters. The molecule has 0 aromatic carbocycles. The van der Waals surface area contributed by atoms with Crippen LogP contribution in [0.4, 0.5) is 0 Å². The molecule has 104 valence electrons.